The van der Waals surface area contributed by atoms with Gasteiger partial charge in [0.2, 0.25) is 6.10 Å². The fraction of sp³-hybridized carbons (Fsp3) is 0.810. The number of carbonyl (C=O) groups is 4. The molecule has 0 aromatic carbocycles. The Labute approximate surface area is 197 Å². The largest absolute Gasteiger partial charge is 0.458 e. The van der Waals surface area contributed by atoms with Crippen LogP contribution < -0.4 is 0 Å². The number of esters is 4. The molecule has 0 radical (unpaired) electrons. The van der Waals surface area contributed by atoms with Crippen LogP contribution in [0.25, 0.3) is 0 Å². The van der Waals surface area contributed by atoms with Crippen molar-refractivity contribution < 1.29 is 62.2 Å². The van der Waals surface area contributed by atoms with E-state index in [1.165, 1.54) is 21.3 Å². The van der Waals surface area contributed by atoms with Crippen molar-refractivity contribution in [3.8, 4) is 0 Å². The van der Waals surface area contributed by atoms with Gasteiger partial charge in [0, 0.05) is 42.1 Å². The first-order valence-electron chi connectivity index (χ1n) is 10.6. The molecule has 196 valence electrons. The van der Waals surface area contributed by atoms with Crippen LogP contribution in [0.5, 0.6) is 0 Å². The maximum absolute atomic E-state index is 13.2. The third-order valence-corrected chi connectivity index (χ3v) is 5.01. The van der Waals surface area contributed by atoms with E-state index >= 15 is 0 Å². The minimum atomic E-state index is -1.80. The summed E-state index contributed by atoms with van der Waals surface area (Å²) in [6.45, 7) is 4.30. The monoisotopic (exact) mass is 494 g/mol. The molecule has 1 N–H and O–H groups in total. The lowest BCUT2D eigenvalue weighted by molar-refractivity contribution is -0.306. The quantitative estimate of drug-likeness (QED) is 0.273. The maximum atomic E-state index is 13.2. The van der Waals surface area contributed by atoms with Gasteiger partial charge in [-0.05, 0) is 6.42 Å². The van der Waals surface area contributed by atoms with Gasteiger partial charge in [-0.1, -0.05) is 6.92 Å². The number of rotatable bonds is 12. The van der Waals surface area contributed by atoms with E-state index in [-0.39, 0.29) is 6.42 Å². The number of aliphatic hydroxyl groups excluding tert-OH is 1. The second-order valence-electron chi connectivity index (χ2n) is 7.42. The lowest BCUT2D eigenvalue weighted by Crippen LogP contribution is -2.62. The van der Waals surface area contributed by atoms with E-state index in [4.69, 9.17) is 37.9 Å². The summed E-state index contributed by atoms with van der Waals surface area (Å²) in [5.41, 5.74) is 0. The summed E-state index contributed by atoms with van der Waals surface area (Å²) < 4.78 is 42.7. The van der Waals surface area contributed by atoms with E-state index in [0.717, 1.165) is 20.8 Å². The third-order valence-electron chi connectivity index (χ3n) is 5.01. The molecule has 1 fully saturated rings. The van der Waals surface area contributed by atoms with Crippen molar-refractivity contribution in [2.75, 3.05) is 27.9 Å². The molecule has 1 saturated heterocycles. The van der Waals surface area contributed by atoms with Crippen LogP contribution in [0.2, 0.25) is 0 Å². The van der Waals surface area contributed by atoms with E-state index in [1.54, 1.807) is 6.92 Å². The van der Waals surface area contributed by atoms with Gasteiger partial charge in [-0.3, -0.25) is 14.4 Å². The molecular formula is C21H34O13. The van der Waals surface area contributed by atoms with Crippen molar-refractivity contribution >= 4 is 23.9 Å². The fourth-order valence-corrected chi connectivity index (χ4v) is 3.62. The van der Waals surface area contributed by atoms with E-state index in [2.05, 4.69) is 0 Å². The van der Waals surface area contributed by atoms with Crippen molar-refractivity contribution in [2.24, 2.45) is 0 Å². The van der Waals surface area contributed by atoms with Crippen molar-refractivity contribution in [1.82, 2.24) is 0 Å². The molecule has 0 aliphatic carbocycles. The first-order valence-corrected chi connectivity index (χ1v) is 10.6. The van der Waals surface area contributed by atoms with Gasteiger partial charge in [0.25, 0.3) is 0 Å². The molecule has 1 heterocycles. The Morgan fingerprint density at radius 3 is 1.79 bits per heavy atom. The van der Waals surface area contributed by atoms with Gasteiger partial charge in [-0.25, -0.2) is 4.79 Å². The minimum absolute atomic E-state index is 0.121. The number of methoxy groups -OCH3 is 3. The first kappa shape index (κ1) is 29.7. The third kappa shape index (κ3) is 7.87. The normalized spacial score (nSPS) is 27.1. The average molecular weight is 494 g/mol. The van der Waals surface area contributed by atoms with Gasteiger partial charge in [0.15, 0.2) is 18.5 Å². The first-order chi connectivity index (χ1) is 16.0. The summed E-state index contributed by atoms with van der Waals surface area (Å²) in [6, 6.07) is 0. The summed E-state index contributed by atoms with van der Waals surface area (Å²) in [5.74, 6) is -3.54. The van der Waals surface area contributed by atoms with Crippen molar-refractivity contribution in [1.29, 1.82) is 0 Å². The molecule has 8 atom stereocenters. The van der Waals surface area contributed by atoms with E-state index in [1.807, 2.05) is 0 Å². The molecule has 34 heavy (non-hydrogen) atoms. The Hall–Kier alpha value is -2.32. The molecule has 13 heteroatoms. The smallest absolute Gasteiger partial charge is 0.352 e. The summed E-state index contributed by atoms with van der Waals surface area (Å²) in [5, 5.41) is 9.82. The minimum Gasteiger partial charge on any atom is -0.458 e. The zero-order valence-corrected chi connectivity index (χ0v) is 20.4. The fourth-order valence-electron chi connectivity index (χ4n) is 3.62. The van der Waals surface area contributed by atoms with E-state index in [9.17, 15) is 24.3 Å². The van der Waals surface area contributed by atoms with Crippen LogP contribution in [0.4, 0.5) is 0 Å². The molecule has 1 aliphatic rings. The Kier molecular flexibility index (Phi) is 12.4. The van der Waals surface area contributed by atoms with Gasteiger partial charge in [0.1, 0.15) is 24.4 Å². The molecule has 0 aromatic heterocycles. The predicted octanol–water partition coefficient (Wildman–Crippen LogP) is -0.503. The molecule has 0 saturated carbocycles. The van der Waals surface area contributed by atoms with Crippen molar-refractivity contribution in [3.05, 3.63) is 0 Å². The molecule has 0 bridgehead atoms. The van der Waals surface area contributed by atoms with Gasteiger partial charge in [-0.2, -0.15) is 0 Å². The molecule has 0 spiro atoms. The highest BCUT2D eigenvalue weighted by Crippen LogP contribution is 2.29. The van der Waals surface area contributed by atoms with E-state index in [0.29, 0.717) is 0 Å². The molecule has 13 nitrogen and oxygen atoms in total. The Bertz CT molecular complexity index is 696. The van der Waals surface area contributed by atoms with E-state index < -0.39 is 79.5 Å². The van der Waals surface area contributed by atoms with Crippen LogP contribution in [0, 0.1) is 0 Å². The zero-order valence-electron chi connectivity index (χ0n) is 20.4. The van der Waals surface area contributed by atoms with Crippen molar-refractivity contribution in [3.63, 3.8) is 0 Å². The summed E-state index contributed by atoms with van der Waals surface area (Å²) in [4.78, 5) is 48.3. The predicted molar refractivity (Wildman–Crippen MR) is 111 cm³/mol. The molecule has 0 amide bonds. The lowest BCUT2D eigenvalue weighted by Gasteiger charge is -2.44. The second-order valence-corrected chi connectivity index (χ2v) is 7.42. The number of hydrogen-bond donors (Lipinski definition) is 1. The van der Waals surface area contributed by atoms with Gasteiger partial charge >= 0.3 is 23.9 Å². The SMILES string of the molecule is CC[C@H](OC(C)=O)[C@@H](OC(C)=O)[C@@H](OC(C)=O)C(=O)O[C@H]1[C@H](OC)[C@@H](OC)[C@@H](OC)O[C@@H]1CO. The molecule has 1 aliphatic heterocycles. The van der Waals surface area contributed by atoms with Crippen LogP contribution in [0.3, 0.4) is 0 Å². The standard InChI is InChI=1S/C21H34O13/c1-8-13(30-10(2)23)15(31-11(3)24)18(32-12(4)25)20(26)34-16-14(9-22)33-21(29-7)19(28-6)17(16)27-5/h13-19,21-22H,8-9H2,1-7H3/t13-,14+,15+,16+,17-,18+,19+,21-/m0/s1. The van der Waals surface area contributed by atoms with Crippen LogP contribution in [0.1, 0.15) is 34.1 Å². The Balaban J connectivity index is 3.34. The maximum Gasteiger partial charge on any atom is 0.352 e. The number of carbonyl (C=O) groups excluding carboxylic acids is 4. The Morgan fingerprint density at radius 1 is 0.824 bits per heavy atom. The molecule has 1 rings (SSSR count). The second kappa shape index (κ2) is 14.2. The summed E-state index contributed by atoms with van der Waals surface area (Å²) >= 11 is 0. The number of aliphatic hydroxyl groups is 1. The highest BCUT2D eigenvalue weighted by molar-refractivity contribution is 5.80. The highest BCUT2D eigenvalue weighted by atomic mass is 16.7. The van der Waals surface area contributed by atoms with Crippen LogP contribution in [0.15, 0.2) is 0 Å². The van der Waals surface area contributed by atoms with Crippen LogP contribution in [-0.2, 0) is 57.1 Å². The summed E-state index contributed by atoms with van der Waals surface area (Å²) in [7, 11) is 4.07. The van der Waals surface area contributed by atoms with Crippen LogP contribution in [-0.4, -0.2) is 106 Å². The molecule has 0 aromatic rings. The highest BCUT2D eigenvalue weighted by Gasteiger charge is 2.51. The van der Waals surface area contributed by atoms with Gasteiger partial charge < -0.3 is 43.0 Å². The van der Waals surface area contributed by atoms with Crippen LogP contribution >= 0.6 is 0 Å². The average Bonchev–Trinajstić information content (AvgIpc) is 2.78. The lowest BCUT2D eigenvalue weighted by atomic mass is 9.98. The topological polar surface area (TPSA) is 162 Å². The Morgan fingerprint density at radius 2 is 1.38 bits per heavy atom. The van der Waals surface area contributed by atoms with Gasteiger partial charge in [-0.15, -0.1) is 0 Å². The van der Waals surface area contributed by atoms with Gasteiger partial charge in [0.05, 0.1) is 6.61 Å². The summed E-state index contributed by atoms with van der Waals surface area (Å²) in [6.07, 6.45) is -9.38. The molecular weight excluding hydrogens is 460 g/mol. The molecule has 0 unspecified atom stereocenters. The number of hydrogen-bond acceptors (Lipinski definition) is 13. The zero-order chi connectivity index (χ0) is 26.0. The number of ether oxygens (including phenoxy) is 8. The van der Waals surface area contributed by atoms with Crippen molar-refractivity contribution in [2.45, 2.75) is 83.1 Å².